The molecule has 6 nitrogen and oxygen atoms in total. The minimum Gasteiger partial charge on any atom is -0.497 e. The summed E-state index contributed by atoms with van der Waals surface area (Å²) in [6, 6.07) is 7.77. The fourth-order valence-electron chi connectivity index (χ4n) is 2.73. The van der Waals surface area contributed by atoms with Crippen LogP contribution in [0.25, 0.3) is 0 Å². The number of carbonyl (C=O) groups is 1. The third-order valence-corrected chi connectivity index (χ3v) is 3.90. The van der Waals surface area contributed by atoms with E-state index in [1.54, 1.807) is 24.4 Å². The molecule has 6 heteroatoms. The molecule has 1 amide bonds. The molecule has 1 aliphatic rings. The van der Waals surface area contributed by atoms with E-state index in [1.165, 1.54) is 0 Å². The number of likely N-dealkylation sites (tertiary alicyclic amines) is 1. The number of rotatable bonds is 3. The molecule has 0 unspecified atom stereocenters. The van der Waals surface area contributed by atoms with Crippen LogP contribution in [-0.2, 0) is 0 Å². The Morgan fingerprint density at radius 3 is 2.76 bits per heavy atom. The number of aromatic nitrogens is 2. The van der Waals surface area contributed by atoms with Crippen molar-refractivity contribution in [1.29, 1.82) is 0 Å². The normalized spacial score (nSPS) is 21.5. The standard InChI is InChI=1S/C15H18N4O2/c1-21-11-4-2-10(3-5-11)12-8-19(9-13(12)16)15(20)14-17-6-7-18-14/h2-7,12-13H,8-9,16H2,1H3,(H,17,18)/t12-,13+/m1/s1. The van der Waals surface area contributed by atoms with Crippen molar-refractivity contribution in [2.75, 3.05) is 20.2 Å². The maximum absolute atomic E-state index is 12.3. The lowest BCUT2D eigenvalue weighted by molar-refractivity contribution is 0.0778. The van der Waals surface area contributed by atoms with E-state index in [1.807, 2.05) is 24.3 Å². The second kappa shape index (κ2) is 5.57. The van der Waals surface area contributed by atoms with Crippen LogP contribution in [0.3, 0.4) is 0 Å². The number of carbonyl (C=O) groups excluding carboxylic acids is 1. The van der Waals surface area contributed by atoms with E-state index in [4.69, 9.17) is 10.5 Å². The molecule has 2 aromatic rings. The highest BCUT2D eigenvalue weighted by molar-refractivity contribution is 5.90. The number of hydrogen-bond acceptors (Lipinski definition) is 4. The summed E-state index contributed by atoms with van der Waals surface area (Å²) in [5.74, 6) is 1.20. The molecule has 1 aromatic heterocycles. The van der Waals surface area contributed by atoms with E-state index >= 15 is 0 Å². The van der Waals surface area contributed by atoms with E-state index in [0.717, 1.165) is 11.3 Å². The largest absolute Gasteiger partial charge is 0.497 e. The lowest BCUT2D eigenvalue weighted by Gasteiger charge is -2.15. The first kappa shape index (κ1) is 13.6. The maximum Gasteiger partial charge on any atom is 0.289 e. The number of hydrogen-bond donors (Lipinski definition) is 2. The van der Waals surface area contributed by atoms with Gasteiger partial charge in [-0.3, -0.25) is 4.79 Å². The Bertz CT molecular complexity index is 609. The minimum atomic E-state index is -0.105. The zero-order valence-corrected chi connectivity index (χ0v) is 11.8. The first-order valence-electron chi connectivity index (χ1n) is 6.87. The maximum atomic E-state index is 12.3. The van der Waals surface area contributed by atoms with Gasteiger partial charge in [0, 0.05) is 37.4 Å². The molecule has 1 saturated heterocycles. The van der Waals surface area contributed by atoms with Gasteiger partial charge in [0.1, 0.15) is 5.75 Å². The van der Waals surface area contributed by atoms with E-state index in [9.17, 15) is 4.79 Å². The van der Waals surface area contributed by atoms with E-state index in [0.29, 0.717) is 18.9 Å². The van der Waals surface area contributed by atoms with Gasteiger partial charge in [-0.05, 0) is 17.7 Å². The summed E-state index contributed by atoms with van der Waals surface area (Å²) in [5, 5.41) is 0. The van der Waals surface area contributed by atoms with Crippen LogP contribution in [0.15, 0.2) is 36.7 Å². The third kappa shape index (κ3) is 2.62. The lowest BCUT2D eigenvalue weighted by Crippen LogP contribution is -2.32. The molecule has 2 heterocycles. The van der Waals surface area contributed by atoms with Crippen molar-refractivity contribution in [3.63, 3.8) is 0 Å². The molecule has 2 atom stereocenters. The molecule has 3 N–H and O–H groups in total. The van der Waals surface area contributed by atoms with Crippen molar-refractivity contribution in [3.05, 3.63) is 48.0 Å². The Balaban J connectivity index is 1.75. The number of nitrogens with zero attached hydrogens (tertiary/aromatic N) is 2. The summed E-state index contributed by atoms with van der Waals surface area (Å²) >= 11 is 0. The number of ether oxygens (including phenoxy) is 1. The van der Waals surface area contributed by atoms with Crippen molar-refractivity contribution >= 4 is 5.91 Å². The molecule has 110 valence electrons. The molecule has 0 saturated carbocycles. The van der Waals surface area contributed by atoms with Crippen LogP contribution in [0, 0.1) is 0 Å². The molecule has 0 spiro atoms. The van der Waals surface area contributed by atoms with Crippen LogP contribution in [0.5, 0.6) is 5.75 Å². The Morgan fingerprint density at radius 2 is 2.14 bits per heavy atom. The highest BCUT2D eigenvalue weighted by Crippen LogP contribution is 2.28. The van der Waals surface area contributed by atoms with Gasteiger partial charge in [-0.1, -0.05) is 12.1 Å². The van der Waals surface area contributed by atoms with E-state index in [-0.39, 0.29) is 17.9 Å². The molecule has 3 rings (SSSR count). The zero-order chi connectivity index (χ0) is 14.8. The predicted octanol–water partition coefficient (Wildman–Crippen LogP) is 0.985. The summed E-state index contributed by atoms with van der Waals surface area (Å²) in [6.07, 6.45) is 3.22. The Labute approximate surface area is 122 Å². The Morgan fingerprint density at radius 1 is 1.38 bits per heavy atom. The number of H-pyrrole nitrogens is 1. The first-order chi connectivity index (χ1) is 10.2. The highest BCUT2D eigenvalue weighted by atomic mass is 16.5. The second-order valence-electron chi connectivity index (χ2n) is 5.19. The number of benzene rings is 1. The molecule has 21 heavy (non-hydrogen) atoms. The third-order valence-electron chi connectivity index (χ3n) is 3.90. The number of nitrogens with one attached hydrogen (secondary N) is 1. The summed E-state index contributed by atoms with van der Waals surface area (Å²) in [5.41, 5.74) is 7.33. The van der Waals surface area contributed by atoms with Gasteiger partial charge in [-0.2, -0.15) is 0 Å². The fraction of sp³-hybridized carbons (Fsp3) is 0.333. The van der Waals surface area contributed by atoms with Crippen molar-refractivity contribution in [2.24, 2.45) is 5.73 Å². The summed E-state index contributed by atoms with van der Waals surface area (Å²) < 4.78 is 5.16. The zero-order valence-electron chi connectivity index (χ0n) is 11.8. The van der Waals surface area contributed by atoms with Crippen molar-refractivity contribution in [2.45, 2.75) is 12.0 Å². The average molecular weight is 286 g/mol. The monoisotopic (exact) mass is 286 g/mol. The molecular weight excluding hydrogens is 268 g/mol. The number of methoxy groups -OCH3 is 1. The number of aromatic amines is 1. The van der Waals surface area contributed by atoms with Gasteiger partial charge in [-0.15, -0.1) is 0 Å². The molecule has 0 aliphatic carbocycles. The minimum absolute atomic E-state index is 0.0719. The molecule has 1 aromatic carbocycles. The quantitative estimate of drug-likeness (QED) is 0.881. The van der Waals surface area contributed by atoms with Crippen molar-refractivity contribution < 1.29 is 9.53 Å². The number of imidazole rings is 1. The second-order valence-corrected chi connectivity index (χ2v) is 5.19. The molecule has 0 radical (unpaired) electrons. The molecule has 1 fully saturated rings. The van der Waals surface area contributed by atoms with Crippen molar-refractivity contribution in [3.8, 4) is 5.75 Å². The van der Waals surface area contributed by atoms with Crippen LogP contribution >= 0.6 is 0 Å². The van der Waals surface area contributed by atoms with Gasteiger partial charge in [0.05, 0.1) is 7.11 Å². The topological polar surface area (TPSA) is 84.2 Å². The fourth-order valence-corrected chi connectivity index (χ4v) is 2.73. The highest BCUT2D eigenvalue weighted by Gasteiger charge is 2.34. The van der Waals surface area contributed by atoms with Crippen LogP contribution in [-0.4, -0.2) is 47.0 Å². The van der Waals surface area contributed by atoms with Gasteiger partial charge >= 0.3 is 0 Å². The van der Waals surface area contributed by atoms with Gasteiger partial charge in [-0.25, -0.2) is 4.98 Å². The van der Waals surface area contributed by atoms with Gasteiger partial charge < -0.3 is 20.4 Å². The van der Waals surface area contributed by atoms with Crippen LogP contribution in [0.4, 0.5) is 0 Å². The van der Waals surface area contributed by atoms with Gasteiger partial charge in [0.2, 0.25) is 0 Å². The van der Waals surface area contributed by atoms with Crippen LogP contribution in [0.1, 0.15) is 22.1 Å². The SMILES string of the molecule is COc1ccc([C@H]2CN(C(=O)c3ncc[nH]3)C[C@@H]2N)cc1. The van der Waals surface area contributed by atoms with Crippen LogP contribution < -0.4 is 10.5 Å². The van der Waals surface area contributed by atoms with E-state index in [2.05, 4.69) is 9.97 Å². The lowest BCUT2D eigenvalue weighted by atomic mass is 9.95. The van der Waals surface area contributed by atoms with Crippen LogP contribution in [0.2, 0.25) is 0 Å². The number of amides is 1. The van der Waals surface area contributed by atoms with Gasteiger partial charge in [0.15, 0.2) is 5.82 Å². The molecule has 0 bridgehead atoms. The Kier molecular flexibility index (Phi) is 3.62. The first-order valence-corrected chi connectivity index (χ1v) is 6.87. The van der Waals surface area contributed by atoms with Gasteiger partial charge in [0.25, 0.3) is 5.91 Å². The summed E-state index contributed by atoms with van der Waals surface area (Å²) in [7, 11) is 1.64. The summed E-state index contributed by atoms with van der Waals surface area (Å²) in [6.45, 7) is 1.14. The Hall–Kier alpha value is -2.34. The molecule has 1 aliphatic heterocycles. The van der Waals surface area contributed by atoms with E-state index < -0.39 is 0 Å². The van der Waals surface area contributed by atoms with Crippen molar-refractivity contribution in [1.82, 2.24) is 14.9 Å². The average Bonchev–Trinajstić information content (AvgIpc) is 3.16. The smallest absolute Gasteiger partial charge is 0.289 e. The predicted molar refractivity (Wildman–Crippen MR) is 78.2 cm³/mol. The molecular formula is C15H18N4O2. The summed E-state index contributed by atoms with van der Waals surface area (Å²) in [4.78, 5) is 20.9. The number of nitrogens with two attached hydrogens (primary N) is 1.